The van der Waals surface area contributed by atoms with E-state index >= 15 is 0 Å². The number of hydrogen-bond acceptors (Lipinski definition) is 5. The Kier molecular flexibility index (Phi) is 6.01. The maximum atomic E-state index is 12.2. The molecule has 0 unspecified atom stereocenters. The third-order valence-electron chi connectivity index (χ3n) is 3.36. The second kappa shape index (κ2) is 8.02. The van der Waals surface area contributed by atoms with Gasteiger partial charge in [-0.05, 0) is 43.4 Å². The number of carboxylic acid groups (broad SMARTS) is 1. The largest absolute Gasteiger partial charge is 0.478 e. The molecule has 2 aromatic rings. The van der Waals surface area contributed by atoms with Crippen LogP contribution in [-0.2, 0) is 0 Å². The molecule has 0 bridgehead atoms. The van der Waals surface area contributed by atoms with Crippen LogP contribution in [0.2, 0.25) is 0 Å². The van der Waals surface area contributed by atoms with E-state index in [1.807, 2.05) is 0 Å². The van der Waals surface area contributed by atoms with Crippen LogP contribution in [0.15, 0.2) is 40.9 Å². The predicted octanol–water partition coefficient (Wildman–Crippen LogP) is 3.49. The van der Waals surface area contributed by atoms with E-state index < -0.39 is 16.8 Å². The number of aromatic carboxylic acids is 1. The Balaban J connectivity index is 2.16. The molecule has 26 heavy (non-hydrogen) atoms. The Morgan fingerprint density at radius 1 is 1.23 bits per heavy atom. The van der Waals surface area contributed by atoms with Gasteiger partial charge in [0, 0.05) is 21.7 Å². The smallest absolute Gasteiger partial charge is 0.337 e. The molecule has 0 fully saturated rings. The third kappa shape index (κ3) is 4.61. The first kappa shape index (κ1) is 19.5. The second-order valence-corrected chi connectivity index (χ2v) is 6.49. The molecule has 0 saturated heterocycles. The summed E-state index contributed by atoms with van der Waals surface area (Å²) < 4.78 is 0.572. The molecule has 0 aliphatic carbocycles. The Morgan fingerprint density at radius 3 is 2.54 bits per heavy atom. The van der Waals surface area contributed by atoms with Crippen LogP contribution in [-0.4, -0.2) is 27.0 Å². The molecule has 0 aliphatic heterocycles. The van der Waals surface area contributed by atoms with Crippen molar-refractivity contribution in [2.24, 2.45) is 0 Å². The summed E-state index contributed by atoms with van der Waals surface area (Å²) in [4.78, 5) is 33.9. The normalized spacial score (nSPS) is 10.1. The van der Waals surface area contributed by atoms with E-state index in [4.69, 9.17) is 12.2 Å². The van der Waals surface area contributed by atoms with Crippen molar-refractivity contribution in [3.63, 3.8) is 0 Å². The third-order valence-corrected chi connectivity index (χ3v) is 4.05. The second-order valence-electron chi connectivity index (χ2n) is 5.16. The summed E-state index contributed by atoms with van der Waals surface area (Å²) in [5.41, 5.74) is 0.453. The van der Waals surface area contributed by atoms with Gasteiger partial charge < -0.3 is 10.4 Å². The molecule has 2 aromatic carbocycles. The van der Waals surface area contributed by atoms with Gasteiger partial charge in [0.25, 0.3) is 11.6 Å². The number of carbonyl (C=O) groups excluding carboxylic acids is 1. The van der Waals surface area contributed by atoms with Crippen molar-refractivity contribution in [1.82, 2.24) is 5.32 Å². The Morgan fingerprint density at radius 2 is 1.92 bits per heavy atom. The minimum absolute atomic E-state index is 0.0399. The number of rotatable bonds is 4. The van der Waals surface area contributed by atoms with Gasteiger partial charge >= 0.3 is 5.97 Å². The molecule has 3 N–H and O–H groups in total. The first-order valence-corrected chi connectivity index (χ1v) is 8.29. The van der Waals surface area contributed by atoms with Gasteiger partial charge in [0.2, 0.25) is 0 Å². The Hall–Kier alpha value is -2.85. The molecule has 8 nitrogen and oxygen atoms in total. The highest BCUT2D eigenvalue weighted by Gasteiger charge is 2.17. The predicted molar refractivity (Wildman–Crippen MR) is 103 cm³/mol. The first-order chi connectivity index (χ1) is 12.2. The first-order valence-electron chi connectivity index (χ1n) is 7.09. The molecule has 134 valence electrons. The number of carbonyl (C=O) groups is 2. The zero-order valence-corrected chi connectivity index (χ0v) is 15.7. The van der Waals surface area contributed by atoms with Crippen LogP contribution in [0.4, 0.5) is 11.4 Å². The number of thiocarbonyl (C=S) groups is 1. The topological polar surface area (TPSA) is 122 Å². The minimum atomic E-state index is -1.17. The van der Waals surface area contributed by atoms with Gasteiger partial charge in [0.1, 0.15) is 0 Å². The number of nitrogens with one attached hydrogen (secondary N) is 2. The van der Waals surface area contributed by atoms with Gasteiger partial charge in [-0.15, -0.1) is 0 Å². The van der Waals surface area contributed by atoms with E-state index in [2.05, 4.69) is 26.6 Å². The van der Waals surface area contributed by atoms with Crippen molar-refractivity contribution < 1.29 is 19.6 Å². The quantitative estimate of drug-likeness (QED) is 0.380. The number of halogens is 1. The summed E-state index contributed by atoms with van der Waals surface area (Å²) >= 11 is 8.20. The monoisotopic (exact) mass is 437 g/mol. The van der Waals surface area contributed by atoms with E-state index in [9.17, 15) is 24.8 Å². The number of hydrogen-bond donors (Lipinski definition) is 3. The standard InChI is InChI=1S/C16H12BrN3O5S/c1-8-2-3-9(6-13(8)20(24)25)14(21)19-16(26)18-12-5-4-10(17)7-11(12)15(22)23/h2-7H,1H3,(H,22,23)(H2,18,19,21,26). The van der Waals surface area contributed by atoms with Gasteiger partial charge in [0.05, 0.1) is 16.2 Å². The zero-order valence-electron chi connectivity index (χ0n) is 13.3. The summed E-state index contributed by atoms with van der Waals surface area (Å²) in [6, 6.07) is 8.53. The number of benzene rings is 2. The average molecular weight is 438 g/mol. The van der Waals surface area contributed by atoms with Crippen LogP contribution in [0.1, 0.15) is 26.3 Å². The highest BCUT2D eigenvalue weighted by Crippen LogP contribution is 2.22. The van der Waals surface area contributed by atoms with E-state index in [0.29, 0.717) is 10.0 Å². The Labute approximate surface area is 161 Å². The lowest BCUT2D eigenvalue weighted by Gasteiger charge is -2.12. The number of aryl methyl sites for hydroxylation is 1. The van der Waals surface area contributed by atoms with Crippen LogP contribution in [0.25, 0.3) is 0 Å². The van der Waals surface area contributed by atoms with Gasteiger partial charge in [-0.2, -0.15) is 0 Å². The fraction of sp³-hybridized carbons (Fsp3) is 0.0625. The zero-order chi connectivity index (χ0) is 19.4. The lowest BCUT2D eigenvalue weighted by Crippen LogP contribution is -2.34. The summed E-state index contributed by atoms with van der Waals surface area (Å²) in [5, 5.41) is 25.0. The summed E-state index contributed by atoms with van der Waals surface area (Å²) in [5.74, 6) is -1.82. The highest BCUT2D eigenvalue weighted by atomic mass is 79.9. The van der Waals surface area contributed by atoms with Crippen LogP contribution in [0.3, 0.4) is 0 Å². The van der Waals surface area contributed by atoms with Crippen LogP contribution in [0.5, 0.6) is 0 Å². The van der Waals surface area contributed by atoms with Crippen LogP contribution < -0.4 is 10.6 Å². The minimum Gasteiger partial charge on any atom is -0.478 e. The SMILES string of the molecule is Cc1ccc(C(=O)NC(=S)Nc2ccc(Br)cc2C(=O)O)cc1[N+](=O)[O-]. The Bertz CT molecular complexity index is 932. The molecule has 0 saturated carbocycles. The van der Waals surface area contributed by atoms with Gasteiger partial charge in [-0.1, -0.05) is 22.0 Å². The summed E-state index contributed by atoms with van der Waals surface area (Å²) in [7, 11) is 0. The molecular formula is C16H12BrN3O5S. The molecule has 0 aliphatic rings. The number of anilines is 1. The molecular weight excluding hydrogens is 426 g/mol. The number of amides is 1. The van der Waals surface area contributed by atoms with Crippen LogP contribution >= 0.6 is 28.1 Å². The molecule has 0 spiro atoms. The fourth-order valence-electron chi connectivity index (χ4n) is 2.08. The fourth-order valence-corrected chi connectivity index (χ4v) is 2.64. The van der Waals surface area contributed by atoms with Crippen molar-refractivity contribution in [3.8, 4) is 0 Å². The van der Waals surface area contributed by atoms with E-state index in [0.717, 1.165) is 6.07 Å². The summed E-state index contributed by atoms with van der Waals surface area (Å²) in [6.45, 7) is 1.56. The molecule has 10 heteroatoms. The molecule has 1 amide bonds. The maximum absolute atomic E-state index is 12.2. The highest BCUT2D eigenvalue weighted by molar-refractivity contribution is 9.10. The maximum Gasteiger partial charge on any atom is 0.337 e. The molecule has 0 heterocycles. The van der Waals surface area contributed by atoms with Gasteiger partial charge in [-0.25, -0.2) is 4.79 Å². The number of nitro groups is 1. The van der Waals surface area contributed by atoms with Gasteiger partial charge in [0.15, 0.2) is 5.11 Å². The van der Waals surface area contributed by atoms with Crippen molar-refractivity contribution in [1.29, 1.82) is 0 Å². The number of nitro benzene ring substituents is 1. The van der Waals surface area contributed by atoms with Crippen molar-refractivity contribution in [3.05, 3.63) is 67.7 Å². The van der Waals surface area contributed by atoms with Crippen molar-refractivity contribution in [2.45, 2.75) is 6.92 Å². The number of nitrogens with zero attached hydrogens (tertiary/aromatic N) is 1. The van der Waals surface area contributed by atoms with E-state index in [-0.39, 0.29) is 27.6 Å². The van der Waals surface area contributed by atoms with Crippen molar-refractivity contribution in [2.75, 3.05) is 5.32 Å². The van der Waals surface area contributed by atoms with Gasteiger partial charge in [-0.3, -0.25) is 20.2 Å². The van der Waals surface area contributed by atoms with E-state index in [1.54, 1.807) is 13.0 Å². The average Bonchev–Trinajstić information content (AvgIpc) is 2.56. The summed E-state index contributed by atoms with van der Waals surface area (Å²) in [6.07, 6.45) is 0. The van der Waals surface area contributed by atoms with E-state index in [1.165, 1.54) is 24.3 Å². The van der Waals surface area contributed by atoms with Crippen molar-refractivity contribution >= 4 is 56.5 Å². The van der Waals surface area contributed by atoms with Crippen LogP contribution in [0, 0.1) is 17.0 Å². The molecule has 2 rings (SSSR count). The number of carboxylic acids is 1. The molecule has 0 radical (unpaired) electrons. The lowest BCUT2D eigenvalue weighted by molar-refractivity contribution is -0.385. The molecule has 0 aromatic heterocycles. The lowest BCUT2D eigenvalue weighted by atomic mass is 10.1. The molecule has 0 atom stereocenters.